The van der Waals surface area contributed by atoms with Gasteiger partial charge in [-0.1, -0.05) is 24.3 Å². The summed E-state index contributed by atoms with van der Waals surface area (Å²) in [5.74, 6) is -0.994. The zero-order valence-electron chi connectivity index (χ0n) is 12.3. The Balaban J connectivity index is 2.42. The molecule has 1 amide bonds. The van der Waals surface area contributed by atoms with Crippen molar-refractivity contribution in [2.45, 2.75) is 6.92 Å². The van der Waals surface area contributed by atoms with Crippen LogP contribution in [0, 0.1) is 6.92 Å². The van der Waals surface area contributed by atoms with Crippen LogP contribution in [0.25, 0.3) is 11.1 Å². The first-order valence-corrected chi connectivity index (χ1v) is 6.57. The topological polar surface area (TPSA) is 57.6 Å². The van der Waals surface area contributed by atoms with Crippen molar-refractivity contribution >= 4 is 11.9 Å². The van der Waals surface area contributed by atoms with E-state index in [9.17, 15) is 9.59 Å². The molecule has 0 spiro atoms. The van der Waals surface area contributed by atoms with E-state index in [0.29, 0.717) is 11.1 Å². The summed E-state index contributed by atoms with van der Waals surface area (Å²) in [6.07, 6.45) is 0. The fraction of sp³-hybridized carbons (Fsp3) is 0.176. The second kappa shape index (κ2) is 5.79. The van der Waals surface area contributed by atoms with Gasteiger partial charge < -0.3 is 10.0 Å². The first kappa shape index (κ1) is 14.8. The Morgan fingerprint density at radius 3 is 2.14 bits per heavy atom. The van der Waals surface area contributed by atoms with Gasteiger partial charge >= 0.3 is 5.97 Å². The van der Waals surface area contributed by atoms with Crippen molar-refractivity contribution < 1.29 is 14.7 Å². The molecule has 21 heavy (non-hydrogen) atoms. The van der Waals surface area contributed by atoms with Gasteiger partial charge in [0.05, 0.1) is 5.56 Å². The van der Waals surface area contributed by atoms with Gasteiger partial charge in [-0.2, -0.15) is 0 Å². The van der Waals surface area contributed by atoms with Crippen LogP contribution in [0.15, 0.2) is 42.5 Å². The molecule has 0 aliphatic rings. The highest BCUT2D eigenvalue weighted by Gasteiger charge is 2.12. The lowest BCUT2D eigenvalue weighted by atomic mass is 9.96. The molecule has 0 fully saturated rings. The molecule has 0 saturated carbocycles. The van der Waals surface area contributed by atoms with Crippen LogP contribution in [-0.4, -0.2) is 36.0 Å². The number of hydrogen-bond donors (Lipinski definition) is 1. The lowest BCUT2D eigenvalue weighted by molar-refractivity contribution is 0.0695. The van der Waals surface area contributed by atoms with Crippen molar-refractivity contribution in [3.05, 3.63) is 59.2 Å². The number of rotatable bonds is 3. The minimum absolute atomic E-state index is 0.0578. The molecule has 4 heteroatoms. The molecule has 2 aromatic rings. The predicted octanol–water partition coefficient (Wildman–Crippen LogP) is 3.06. The highest BCUT2D eigenvalue weighted by Crippen LogP contribution is 2.26. The van der Waals surface area contributed by atoms with Gasteiger partial charge in [-0.15, -0.1) is 0 Å². The molecule has 0 aliphatic heterocycles. The largest absolute Gasteiger partial charge is 0.478 e. The number of carbonyl (C=O) groups is 2. The second-order valence-corrected chi connectivity index (χ2v) is 5.06. The average Bonchev–Trinajstić information content (AvgIpc) is 2.46. The van der Waals surface area contributed by atoms with Gasteiger partial charge in [0.2, 0.25) is 0 Å². The number of aromatic carboxylic acids is 1. The zero-order valence-corrected chi connectivity index (χ0v) is 12.3. The quantitative estimate of drug-likeness (QED) is 0.941. The Kier molecular flexibility index (Phi) is 4.08. The normalized spacial score (nSPS) is 10.2. The van der Waals surface area contributed by atoms with Crippen LogP contribution in [0.4, 0.5) is 0 Å². The maximum absolute atomic E-state index is 11.9. The Hall–Kier alpha value is -2.62. The molecule has 0 aromatic heterocycles. The Morgan fingerprint density at radius 2 is 1.62 bits per heavy atom. The first-order chi connectivity index (χ1) is 9.91. The molecule has 0 atom stereocenters. The number of carboxylic acid groups (broad SMARTS) is 1. The number of carboxylic acids is 1. The molecule has 1 N–H and O–H groups in total. The standard InChI is InChI=1S/C17H17NO3/c1-11-14(5-4-6-15(11)17(20)21)12-7-9-13(10-8-12)16(19)18(2)3/h4-10H,1-3H3,(H,20,21). The molecule has 0 heterocycles. The van der Waals surface area contributed by atoms with E-state index in [4.69, 9.17) is 5.11 Å². The molecule has 0 unspecified atom stereocenters. The minimum atomic E-state index is -0.936. The van der Waals surface area contributed by atoms with Gasteiger partial charge in [0.25, 0.3) is 5.91 Å². The lowest BCUT2D eigenvalue weighted by Crippen LogP contribution is -2.21. The van der Waals surface area contributed by atoms with E-state index in [0.717, 1.165) is 16.7 Å². The summed E-state index contributed by atoms with van der Waals surface area (Å²) in [7, 11) is 3.41. The van der Waals surface area contributed by atoms with Crippen LogP contribution in [0.3, 0.4) is 0 Å². The van der Waals surface area contributed by atoms with Crippen molar-refractivity contribution in [3.8, 4) is 11.1 Å². The molecule has 0 saturated heterocycles. The van der Waals surface area contributed by atoms with Crippen LogP contribution < -0.4 is 0 Å². The van der Waals surface area contributed by atoms with E-state index in [-0.39, 0.29) is 5.91 Å². The monoisotopic (exact) mass is 283 g/mol. The summed E-state index contributed by atoms with van der Waals surface area (Å²) < 4.78 is 0. The zero-order chi connectivity index (χ0) is 15.6. The van der Waals surface area contributed by atoms with Crippen LogP contribution >= 0.6 is 0 Å². The summed E-state index contributed by atoms with van der Waals surface area (Å²) in [4.78, 5) is 24.5. The van der Waals surface area contributed by atoms with Crippen molar-refractivity contribution in [3.63, 3.8) is 0 Å². The molecule has 108 valence electrons. The maximum atomic E-state index is 11.9. The van der Waals surface area contributed by atoms with Crippen molar-refractivity contribution in [1.82, 2.24) is 4.90 Å². The van der Waals surface area contributed by atoms with Gasteiger partial charge in [-0.3, -0.25) is 4.79 Å². The van der Waals surface area contributed by atoms with Gasteiger partial charge in [0.1, 0.15) is 0 Å². The van der Waals surface area contributed by atoms with E-state index >= 15 is 0 Å². The highest BCUT2D eigenvalue weighted by atomic mass is 16.4. The molecule has 0 aliphatic carbocycles. The number of nitrogens with zero attached hydrogens (tertiary/aromatic N) is 1. The first-order valence-electron chi connectivity index (χ1n) is 6.57. The van der Waals surface area contributed by atoms with Crippen LogP contribution in [-0.2, 0) is 0 Å². The SMILES string of the molecule is Cc1c(C(=O)O)cccc1-c1ccc(C(=O)N(C)C)cc1. The molecule has 2 rings (SSSR count). The van der Waals surface area contributed by atoms with Crippen molar-refractivity contribution in [2.75, 3.05) is 14.1 Å². The van der Waals surface area contributed by atoms with Gasteiger partial charge in [-0.05, 0) is 41.8 Å². The average molecular weight is 283 g/mol. The van der Waals surface area contributed by atoms with Crippen LogP contribution in [0.2, 0.25) is 0 Å². The number of benzene rings is 2. The molecular formula is C17H17NO3. The van der Waals surface area contributed by atoms with Gasteiger partial charge in [0, 0.05) is 19.7 Å². The summed E-state index contributed by atoms with van der Waals surface area (Å²) in [5.41, 5.74) is 3.37. The van der Waals surface area contributed by atoms with Gasteiger partial charge in [0.15, 0.2) is 0 Å². The predicted molar refractivity (Wildman–Crippen MR) is 81.6 cm³/mol. The number of amides is 1. The second-order valence-electron chi connectivity index (χ2n) is 5.06. The lowest BCUT2D eigenvalue weighted by Gasteiger charge is -2.12. The molecular weight excluding hydrogens is 266 g/mol. The minimum Gasteiger partial charge on any atom is -0.478 e. The molecule has 0 radical (unpaired) electrons. The van der Waals surface area contributed by atoms with Crippen molar-refractivity contribution in [2.24, 2.45) is 0 Å². The van der Waals surface area contributed by atoms with E-state index in [1.807, 2.05) is 18.2 Å². The fourth-order valence-corrected chi connectivity index (χ4v) is 2.23. The number of carbonyl (C=O) groups excluding carboxylic acids is 1. The fourth-order valence-electron chi connectivity index (χ4n) is 2.23. The summed E-state index contributed by atoms with van der Waals surface area (Å²) in [5, 5.41) is 9.16. The maximum Gasteiger partial charge on any atom is 0.335 e. The third-order valence-corrected chi connectivity index (χ3v) is 3.41. The molecule has 4 nitrogen and oxygen atoms in total. The number of hydrogen-bond acceptors (Lipinski definition) is 2. The Morgan fingerprint density at radius 1 is 1.00 bits per heavy atom. The smallest absolute Gasteiger partial charge is 0.335 e. The van der Waals surface area contributed by atoms with Gasteiger partial charge in [-0.25, -0.2) is 4.79 Å². The van der Waals surface area contributed by atoms with E-state index in [2.05, 4.69) is 0 Å². The summed E-state index contributed by atoms with van der Waals surface area (Å²) in [6.45, 7) is 1.79. The Bertz CT molecular complexity index is 688. The van der Waals surface area contributed by atoms with Crippen LogP contribution in [0.5, 0.6) is 0 Å². The van der Waals surface area contributed by atoms with E-state index in [1.54, 1.807) is 45.3 Å². The Labute approximate surface area is 123 Å². The molecule has 0 bridgehead atoms. The third kappa shape index (κ3) is 2.94. The summed E-state index contributed by atoms with van der Waals surface area (Å²) >= 11 is 0. The van der Waals surface area contributed by atoms with Crippen LogP contribution in [0.1, 0.15) is 26.3 Å². The van der Waals surface area contributed by atoms with Crippen molar-refractivity contribution in [1.29, 1.82) is 0 Å². The summed E-state index contributed by atoms with van der Waals surface area (Å²) in [6, 6.07) is 12.4. The third-order valence-electron chi connectivity index (χ3n) is 3.41. The highest BCUT2D eigenvalue weighted by molar-refractivity contribution is 5.95. The molecule has 2 aromatic carbocycles. The van der Waals surface area contributed by atoms with E-state index < -0.39 is 5.97 Å². The van der Waals surface area contributed by atoms with E-state index in [1.165, 1.54) is 4.90 Å².